The first-order valence-corrected chi connectivity index (χ1v) is 10.4. The van der Waals surface area contributed by atoms with E-state index in [1.807, 2.05) is 55.8 Å². The Balaban J connectivity index is 1.48. The van der Waals surface area contributed by atoms with Gasteiger partial charge in [0.25, 0.3) is 0 Å². The molecule has 160 valence electrons. The number of hydrogen-bond acceptors (Lipinski definition) is 7. The number of nitrogens with one attached hydrogen (secondary N) is 2. The summed E-state index contributed by atoms with van der Waals surface area (Å²) in [5.41, 5.74) is 7.79. The van der Waals surface area contributed by atoms with Crippen LogP contribution in [0.2, 0.25) is 0 Å². The van der Waals surface area contributed by atoms with E-state index >= 15 is 0 Å². The van der Waals surface area contributed by atoms with E-state index in [-0.39, 0.29) is 0 Å². The van der Waals surface area contributed by atoms with Gasteiger partial charge in [0.2, 0.25) is 0 Å². The highest BCUT2D eigenvalue weighted by Crippen LogP contribution is 2.31. The summed E-state index contributed by atoms with van der Waals surface area (Å²) >= 11 is 0. The number of H-pyrrole nitrogens is 2. The van der Waals surface area contributed by atoms with Crippen LogP contribution in [0.25, 0.3) is 56.0 Å². The van der Waals surface area contributed by atoms with Crippen molar-refractivity contribution in [1.82, 2.24) is 40.1 Å². The van der Waals surface area contributed by atoms with Gasteiger partial charge in [0.1, 0.15) is 11.2 Å². The van der Waals surface area contributed by atoms with Crippen LogP contribution >= 0.6 is 0 Å². The average molecular weight is 433 g/mol. The number of imidazole rings is 1. The molecule has 6 rings (SSSR count). The van der Waals surface area contributed by atoms with Crippen molar-refractivity contribution in [1.29, 1.82) is 0 Å². The van der Waals surface area contributed by atoms with E-state index in [4.69, 9.17) is 4.98 Å². The van der Waals surface area contributed by atoms with E-state index < -0.39 is 0 Å². The number of nitrogens with zero attached hydrogens (tertiary/aromatic N) is 7. The van der Waals surface area contributed by atoms with Crippen molar-refractivity contribution < 1.29 is 0 Å². The topological polar surface area (TPSA) is 112 Å². The minimum Gasteiger partial charge on any atom is -0.376 e. The highest BCUT2D eigenvalue weighted by molar-refractivity contribution is 5.96. The SMILES string of the molecule is CN(C)c1cncc(-c2cnc3n[nH]c(-c4nc5c(-c6ccncc6)nccc5[nH]4)c3c2)c1. The lowest BCUT2D eigenvalue weighted by atomic mass is 10.1. The van der Waals surface area contributed by atoms with Crippen molar-refractivity contribution in [2.75, 3.05) is 19.0 Å². The molecular weight excluding hydrogens is 414 g/mol. The second-order valence-electron chi connectivity index (χ2n) is 7.90. The van der Waals surface area contributed by atoms with Gasteiger partial charge in [-0.2, -0.15) is 5.10 Å². The van der Waals surface area contributed by atoms with Gasteiger partial charge < -0.3 is 9.88 Å². The molecule has 0 radical (unpaired) electrons. The molecule has 6 heterocycles. The predicted octanol–water partition coefficient (Wildman–Crippen LogP) is 4.09. The summed E-state index contributed by atoms with van der Waals surface area (Å²) in [5.74, 6) is 0.676. The van der Waals surface area contributed by atoms with Crippen LogP contribution in [0.3, 0.4) is 0 Å². The third-order valence-corrected chi connectivity index (χ3v) is 5.57. The van der Waals surface area contributed by atoms with Crippen LogP contribution in [-0.4, -0.2) is 54.2 Å². The van der Waals surface area contributed by atoms with E-state index in [0.717, 1.165) is 50.2 Å². The molecule has 0 saturated heterocycles. The summed E-state index contributed by atoms with van der Waals surface area (Å²) in [6.07, 6.45) is 10.8. The number of pyridine rings is 4. The van der Waals surface area contributed by atoms with E-state index in [9.17, 15) is 0 Å². The minimum absolute atomic E-state index is 0.624. The molecule has 0 aliphatic carbocycles. The normalized spacial score (nSPS) is 11.3. The fraction of sp³-hybridized carbons (Fsp3) is 0.0833. The molecule has 6 aromatic heterocycles. The van der Waals surface area contributed by atoms with Gasteiger partial charge >= 0.3 is 0 Å². The van der Waals surface area contributed by atoms with Gasteiger partial charge in [-0.25, -0.2) is 9.97 Å². The van der Waals surface area contributed by atoms with Gasteiger partial charge in [-0.3, -0.25) is 20.1 Å². The van der Waals surface area contributed by atoms with Gasteiger partial charge in [-0.05, 0) is 30.3 Å². The van der Waals surface area contributed by atoms with E-state index in [1.54, 1.807) is 18.6 Å². The summed E-state index contributed by atoms with van der Waals surface area (Å²) in [4.78, 5) is 27.9. The number of hydrogen-bond donors (Lipinski definition) is 2. The number of anilines is 1. The number of aromatic amines is 2. The Labute approximate surface area is 188 Å². The maximum Gasteiger partial charge on any atom is 0.181 e. The van der Waals surface area contributed by atoms with E-state index in [2.05, 4.69) is 47.2 Å². The molecule has 0 atom stereocenters. The first-order valence-electron chi connectivity index (χ1n) is 10.4. The average Bonchev–Trinajstić information content (AvgIpc) is 3.48. The molecule has 0 unspecified atom stereocenters. The summed E-state index contributed by atoms with van der Waals surface area (Å²) in [6.45, 7) is 0. The maximum absolute atomic E-state index is 4.86. The Bertz CT molecular complexity index is 1600. The number of rotatable bonds is 4. The Hall–Kier alpha value is -4.66. The van der Waals surface area contributed by atoms with Crippen LogP contribution in [0.15, 0.2) is 67.5 Å². The Morgan fingerprint density at radius 1 is 0.818 bits per heavy atom. The van der Waals surface area contributed by atoms with Crippen LogP contribution < -0.4 is 4.90 Å². The molecule has 6 aromatic rings. The van der Waals surface area contributed by atoms with Crippen LogP contribution in [0.4, 0.5) is 5.69 Å². The fourth-order valence-corrected chi connectivity index (χ4v) is 3.84. The first-order chi connectivity index (χ1) is 16.2. The lowest BCUT2D eigenvalue weighted by Crippen LogP contribution is -2.08. The number of aromatic nitrogens is 8. The monoisotopic (exact) mass is 433 g/mol. The van der Waals surface area contributed by atoms with Crippen LogP contribution in [0.5, 0.6) is 0 Å². The van der Waals surface area contributed by atoms with E-state index in [1.165, 1.54) is 0 Å². The molecule has 0 aliphatic rings. The molecule has 33 heavy (non-hydrogen) atoms. The smallest absolute Gasteiger partial charge is 0.181 e. The van der Waals surface area contributed by atoms with Crippen molar-refractivity contribution in [2.24, 2.45) is 0 Å². The third kappa shape index (κ3) is 3.26. The van der Waals surface area contributed by atoms with Crippen molar-refractivity contribution >= 4 is 27.8 Å². The van der Waals surface area contributed by atoms with Gasteiger partial charge in [0.05, 0.1) is 28.5 Å². The third-order valence-electron chi connectivity index (χ3n) is 5.57. The van der Waals surface area contributed by atoms with Crippen LogP contribution in [0, 0.1) is 0 Å². The molecule has 0 aliphatic heterocycles. The molecule has 9 nitrogen and oxygen atoms in total. The lowest BCUT2D eigenvalue weighted by Gasteiger charge is -2.12. The second kappa shape index (κ2) is 7.49. The zero-order valence-corrected chi connectivity index (χ0v) is 18.0. The predicted molar refractivity (Wildman–Crippen MR) is 128 cm³/mol. The zero-order valence-electron chi connectivity index (χ0n) is 18.0. The molecule has 0 aromatic carbocycles. The standard InChI is InChI=1S/C24H19N9/c1-33(2)17-9-15(11-26-13-17)16-10-18-21(31-32-23(18)28-12-16)24-29-19-5-8-27-20(22(19)30-24)14-3-6-25-7-4-14/h3-13H,1-2H3,(H,29,30)(H,28,31,32). The molecule has 0 spiro atoms. The van der Waals surface area contributed by atoms with Crippen molar-refractivity contribution in [3.05, 3.63) is 67.5 Å². The lowest BCUT2D eigenvalue weighted by molar-refractivity contribution is 1.09. The van der Waals surface area contributed by atoms with Crippen molar-refractivity contribution in [3.8, 4) is 33.9 Å². The molecule has 0 saturated carbocycles. The largest absolute Gasteiger partial charge is 0.376 e. The maximum atomic E-state index is 4.86. The zero-order chi connectivity index (χ0) is 22.4. The Kier molecular flexibility index (Phi) is 4.32. The number of fused-ring (bicyclic) bond motifs is 2. The van der Waals surface area contributed by atoms with E-state index in [0.29, 0.717) is 11.5 Å². The molecule has 0 amide bonds. The van der Waals surface area contributed by atoms with Crippen LogP contribution in [0.1, 0.15) is 0 Å². The Morgan fingerprint density at radius 3 is 2.52 bits per heavy atom. The van der Waals surface area contributed by atoms with Gasteiger partial charge in [-0.15, -0.1) is 0 Å². The molecule has 9 heteroatoms. The molecule has 2 N–H and O–H groups in total. The van der Waals surface area contributed by atoms with Crippen LogP contribution in [-0.2, 0) is 0 Å². The van der Waals surface area contributed by atoms with Gasteiger partial charge in [0.15, 0.2) is 11.5 Å². The first kappa shape index (κ1) is 19.1. The quantitative estimate of drug-likeness (QED) is 0.431. The van der Waals surface area contributed by atoms with Crippen molar-refractivity contribution in [3.63, 3.8) is 0 Å². The summed E-state index contributed by atoms with van der Waals surface area (Å²) < 4.78 is 0. The molecule has 0 bridgehead atoms. The minimum atomic E-state index is 0.624. The summed E-state index contributed by atoms with van der Waals surface area (Å²) in [6, 6.07) is 9.91. The van der Waals surface area contributed by atoms with Crippen molar-refractivity contribution in [2.45, 2.75) is 0 Å². The molecular formula is C24H19N9. The molecule has 0 fully saturated rings. The Morgan fingerprint density at radius 2 is 1.67 bits per heavy atom. The second-order valence-corrected chi connectivity index (χ2v) is 7.90. The highest BCUT2D eigenvalue weighted by Gasteiger charge is 2.16. The summed E-state index contributed by atoms with van der Waals surface area (Å²) in [5, 5.41) is 8.36. The van der Waals surface area contributed by atoms with Gasteiger partial charge in [0, 0.05) is 61.8 Å². The summed E-state index contributed by atoms with van der Waals surface area (Å²) in [7, 11) is 3.99. The fourth-order valence-electron chi connectivity index (χ4n) is 3.84. The van der Waals surface area contributed by atoms with Gasteiger partial charge in [-0.1, -0.05) is 0 Å². The highest BCUT2D eigenvalue weighted by atomic mass is 15.2.